The Hall–Kier alpha value is -3.86. The number of halogens is 4. The van der Waals surface area contributed by atoms with Crippen molar-refractivity contribution >= 4 is 57.2 Å². The van der Waals surface area contributed by atoms with E-state index in [0.29, 0.717) is 43.9 Å². The summed E-state index contributed by atoms with van der Waals surface area (Å²) in [6.45, 7) is 5.61. The number of hydrogen-bond donors (Lipinski definition) is 2. The largest absolute Gasteiger partial charge is 0.416 e. The lowest BCUT2D eigenvalue weighted by atomic mass is 9.61. The van der Waals surface area contributed by atoms with Crippen molar-refractivity contribution in [2.45, 2.75) is 55.3 Å². The number of benzene rings is 2. The Labute approximate surface area is 263 Å². The highest BCUT2D eigenvalue weighted by atomic mass is 35.5. The van der Waals surface area contributed by atoms with Crippen molar-refractivity contribution in [1.29, 1.82) is 5.26 Å². The third-order valence-corrected chi connectivity index (χ3v) is 10.6. The lowest BCUT2D eigenvalue weighted by Gasteiger charge is -2.45. The molecule has 3 N–H and O–H groups in total. The van der Waals surface area contributed by atoms with Crippen LogP contribution in [-0.4, -0.2) is 21.9 Å². The number of Topliss-reactive ketones (excluding diaryl/α,β-unsaturated/α-hetero) is 1. The summed E-state index contributed by atoms with van der Waals surface area (Å²) in [6.07, 6.45) is -3.97. The molecule has 0 saturated heterocycles. The highest BCUT2D eigenvalue weighted by molar-refractivity contribution is 8.00. The maximum Gasteiger partial charge on any atom is 0.416 e. The molecule has 2 aliphatic heterocycles. The van der Waals surface area contributed by atoms with Crippen molar-refractivity contribution in [3.05, 3.63) is 86.3 Å². The van der Waals surface area contributed by atoms with Gasteiger partial charge in [-0.05, 0) is 42.0 Å². The van der Waals surface area contributed by atoms with Crippen molar-refractivity contribution in [1.82, 2.24) is 10.2 Å². The van der Waals surface area contributed by atoms with Crippen molar-refractivity contribution in [3.8, 4) is 6.07 Å². The first-order chi connectivity index (χ1) is 20.7. The fourth-order valence-corrected chi connectivity index (χ4v) is 8.14. The number of nitrogens with two attached hydrogens (primary N) is 1. The van der Waals surface area contributed by atoms with E-state index in [0.717, 1.165) is 23.5 Å². The molecule has 0 fully saturated rings. The molecule has 0 unspecified atom stereocenters. The predicted molar refractivity (Wildman–Crippen MR) is 162 cm³/mol. The molecule has 3 aromatic rings. The van der Waals surface area contributed by atoms with E-state index in [-0.39, 0.29) is 40.1 Å². The number of aromatic nitrogens is 2. The average molecular weight is 657 g/mol. The number of hydrogen-bond acceptors (Lipinski definition) is 9. The summed E-state index contributed by atoms with van der Waals surface area (Å²) in [7, 11) is 0. The molecule has 6 rings (SSSR count). The number of anilines is 2. The second-order valence-electron chi connectivity index (χ2n) is 11.6. The smallest absolute Gasteiger partial charge is 0.384 e. The summed E-state index contributed by atoms with van der Waals surface area (Å²) in [5.74, 6) is -0.708. The van der Waals surface area contributed by atoms with E-state index in [4.69, 9.17) is 17.3 Å². The van der Waals surface area contributed by atoms with Crippen LogP contribution in [0.4, 0.5) is 24.0 Å². The highest BCUT2D eigenvalue weighted by Gasteiger charge is 2.61. The molecule has 0 bridgehead atoms. The van der Waals surface area contributed by atoms with E-state index in [9.17, 15) is 28.0 Å². The number of rotatable bonds is 4. The van der Waals surface area contributed by atoms with Gasteiger partial charge in [0.25, 0.3) is 0 Å². The Morgan fingerprint density at radius 3 is 2.66 bits per heavy atom. The monoisotopic (exact) mass is 656 g/mol. The van der Waals surface area contributed by atoms with E-state index >= 15 is 0 Å². The van der Waals surface area contributed by atoms with E-state index in [2.05, 4.69) is 21.6 Å². The molecule has 2 aromatic carbocycles. The molecular weight excluding hydrogens is 633 g/mol. The van der Waals surface area contributed by atoms with Crippen LogP contribution in [0.3, 0.4) is 0 Å². The molecule has 44 heavy (non-hydrogen) atoms. The van der Waals surface area contributed by atoms with Gasteiger partial charge in [-0.1, -0.05) is 72.8 Å². The fourth-order valence-electron chi connectivity index (χ4n) is 6.16. The van der Waals surface area contributed by atoms with E-state index in [1.165, 1.54) is 22.7 Å². The number of nitrogens with zero attached hydrogens (tertiary/aromatic N) is 4. The van der Waals surface area contributed by atoms with Gasteiger partial charge in [0.2, 0.25) is 11.0 Å². The van der Waals surface area contributed by atoms with E-state index in [1.54, 1.807) is 25.1 Å². The summed E-state index contributed by atoms with van der Waals surface area (Å²) in [5.41, 5.74) is 6.15. The van der Waals surface area contributed by atoms with Gasteiger partial charge in [-0.15, -0.1) is 10.2 Å². The maximum atomic E-state index is 14.0. The van der Waals surface area contributed by atoms with Gasteiger partial charge in [-0.2, -0.15) is 18.4 Å². The molecule has 1 amide bonds. The number of nitriles is 1. The number of thioether (sulfide) groups is 1. The number of ketones is 1. The molecule has 14 heteroatoms. The van der Waals surface area contributed by atoms with Crippen LogP contribution in [0.2, 0.25) is 5.02 Å². The standard InChI is InChI=1S/C30H24ClF3N6O2S2/c1-14-19(31)8-7-17-23(14)37-25(42)29(17)18(12-35)24(36)40(20-10-28(2,3)11-21(41)22(20)29)26-38-39-27(44-26)43-13-15-5-4-6-16(9-15)30(32,33)34/h4-9H,10-11,13,36H2,1-3H3,(H,37,42)/t29-/m1/s1. The zero-order chi connectivity index (χ0) is 31.8. The zero-order valence-electron chi connectivity index (χ0n) is 23.6. The summed E-state index contributed by atoms with van der Waals surface area (Å²) in [5, 5.41) is 22.6. The fraction of sp³-hybridized carbons (Fsp3) is 0.300. The number of allylic oxidation sites excluding steroid dienone is 1. The van der Waals surface area contributed by atoms with Crippen LogP contribution in [0.25, 0.3) is 0 Å². The minimum absolute atomic E-state index is 0.0575. The maximum absolute atomic E-state index is 14.0. The second-order valence-corrected chi connectivity index (χ2v) is 14.2. The molecule has 3 heterocycles. The summed E-state index contributed by atoms with van der Waals surface area (Å²) >= 11 is 8.68. The van der Waals surface area contributed by atoms with E-state index < -0.39 is 28.5 Å². The highest BCUT2D eigenvalue weighted by Crippen LogP contribution is 2.58. The SMILES string of the molecule is Cc1c(Cl)ccc2c1NC(=O)[C@@]21C(C#N)=C(N)N(c2nnc(SCc3cccc(C(F)(F)F)c3)s2)C2=C1C(=O)CC(C)(C)C2. The van der Waals surface area contributed by atoms with Gasteiger partial charge in [0, 0.05) is 34.0 Å². The molecule has 1 spiro atoms. The number of nitrogens with one attached hydrogen (secondary N) is 1. The van der Waals surface area contributed by atoms with Gasteiger partial charge in [0.15, 0.2) is 10.1 Å². The van der Waals surface area contributed by atoms with Crippen molar-refractivity contribution in [3.63, 3.8) is 0 Å². The Morgan fingerprint density at radius 2 is 1.95 bits per heavy atom. The first-order valence-electron chi connectivity index (χ1n) is 13.4. The van der Waals surface area contributed by atoms with Crippen molar-refractivity contribution < 1.29 is 22.8 Å². The van der Waals surface area contributed by atoms with Gasteiger partial charge in [0.05, 0.1) is 16.8 Å². The van der Waals surface area contributed by atoms with Gasteiger partial charge >= 0.3 is 6.18 Å². The quantitative estimate of drug-likeness (QED) is 0.292. The first-order valence-corrected chi connectivity index (χ1v) is 15.6. The number of amides is 1. The number of carbonyl (C=O) groups is 2. The minimum Gasteiger partial charge on any atom is -0.384 e. The van der Waals surface area contributed by atoms with Crippen LogP contribution >= 0.6 is 34.7 Å². The molecular formula is C30H24ClF3N6O2S2. The first kappa shape index (κ1) is 30.2. The number of alkyl halides is 3. The van der Waals surface area contributed by atoms with Crippen LogP contribution in [0.1, 0.15) is 48.9 Å². The van der Waals surface area contributed by atoms with Crippen molar-refractivity contribution in [2.75, 3.05) is 10.2 Å². The van der Waals surface area contributed by atoms with Gasteiger partial charge in [-0.25, -0.2) is 0 Å². The molecule has 1 aliphatic carbocycles. The summed E-state index contributed by atoms with van der Waals surface area (Å²) < 4.78 is 40.0. The molecule has 0 saturated carbocycles. The Morgan fingerprint density at radius 1 is 1.20 bits per heavy atom. The van der Waals surface area contributed by atoms with Crippen LogP contribution in [0.15, 0.2) is 63.4 Å². The van der Waals surface area contributed by atoms with Crippen LogP contribution in [-0.2, 0) is 26.9 Å². The van der Waals surface area contributed by atoms with Gasteiger partial charge in [-0.3, -0.25) is 14.5 Å². The van der Waals surface area contributed by atoms with Gasteiger partial charge < -0.3 is 11.1 Å². The van der Waals surface area contributed by atoms with Crippen LogP contribution in [0, 0.1) is 23.7 Å². The van der Waals surface area contributed by atoms with Gasteiger partial charge in [0.1, 0.15) is 17.3 Å². The molecule has 0 radical (unpaired) electrons. The molecule has 1 aromatic heterocycles. The zero-order valence-corrected chi connectivity index (χ0v) is 26.0. The Kier molecular flexibility index (Phi) is 7.10. The Balaban J connectivity index is 1.46. The molecule has 8 nitrogen and oxygen atoms in total. The molecule has 1 atom stereocenters. The lowest BCUT2D eigenvalue weighted by molar-refractivity contribution is -0.137. The van der Waals surface area contributed by atoms with Crippen molar-refractivity contribution in [2.24, 2.45) is 11.1 Å². The van der Waals surface area contributed by atoms with Crippen LogP contribution < -0.4 is 16.0 Å². The predicted octanol–water partition coefficient (Wildman–Crippen LogP) is 6.86. The summed E-state index contributed by atoms with van der Waals surface area (Å²) in [4.78, 5) is 29.6. The topological polar surface area (TPSA) is 125 Å². The van der Waals surface area contributed by atoms with Crippen LogP contribution in [0.5, 0.6) is 0 Å². The van der Waals surface area contributed by atoms with E-state index in [1.807, 2.05) is 13.8 Å². The third kappa shape index (κ3) is 4.58. The third-order valence-electron chi connectivity index (χ3n) is 8.07. The average Bonchev–Trinajstić information content (AvgIpc) is 3.52. The second kappa shape index (κ2) is 10.4. The normalized spacial score (nSPS) is 21.0. The summed E-state index contributed by atoms with van der Waals surface area (Å²) in [6, 6.07) is 10.5. The minimum atomic E-state index is -4.46. The number of carbonyl (C=O) groups excluding carboxylic acids is 2. The lowest BCUT2D eigenvalue weighted by Crippen LogP contribution is -2.52. The molecule has 3 aliphatic rings. The number of fused-ring (bicyclic) bond motifs is 3. The Bertz CT molecular complexity index is 1880. The molecule has 226 valence electrons.